The third-order valence-corrected chi connectivity index (χ3v) is 4.92. The first-order valence-corrected chi connectivity index (χ1v) is 9.28. The Balaban J connectivity index is 1.38. The summed E-state index contributed by atoms with van der Waals surface area (Å²) in [5.74, 6) is 1.69. The topological polar surface area (TPSA) is 67.2 Å². The summed E-state index contributed by atoms with van der Waals surface area (Å²) in [4.78, 5) is 29.3. The van der Waals surface area contributed by atoms with Gasteiger partial charge in [0.15, 0.2) is 0 Å². The van der Waals surface area contributed by atoms with Crippen LogP contribution in [-0.4, -0.2) is 56.5 Å². The molecule has 3 heterocycles. The van der Waals surface area contributed by atoms with Crippen molar-refractivity contribution in [2.45, 2.75) is 6.92 Å². The molecule has 0 unspecified atom stereocenters. The predicted molar refractivity (Wildman–Crippen MR) is 108 cm³/mol. The Bertz CT molecular complexity index is 974. The molecule has 1 aliphatic heterocycles. The molecule has 0 bridgehead atoms. The molecule has 142 valence electrons. The lowest BCUT2D eigenvalue weighted by atomic mass is 10.1. The van der Waals surface area contributed by atoms with Gasteiger partial charge in [0.1, 0.15) is 24.3 Å². The Kier molecular flexibility index (Phi) is 5.14. The highest BCUT2D eigenvalue weighted by Gasteiger charge is 2.21. The van der Waals surface area contributed by atoms with Gasteiger partial charge in [0.25, 0.3) is 0 Å². The van der Waals surface area contributed by atoms with Crippen LogP contribution in [0.1, 0.15) is 11.1 Å². The maximum atomic E-state index is 12.5. The van der Waals surface area contributed by atoms with Gasteiger partial charge in [-0.15, -0.1) is 0 Å². The summed E-state index contributed by atoms with van der Waals surface area (Å²) in [6.07, 6.45) is 10.4. The van der Waals surface area contributed by atoms with E-state index >= 15 is 0 Å². The first-order valence-electron chi connectivity index (χ1n) is 9.28. The van der Waals surface area contributed by atoms with E-state index in [9.17, 15) is 4.79 Å². The average Bonchev–Trinajstić information content (AvgIpc) is 3.28. The number of carbonyl (C=O) groups is 1. The lowest BCUT2D eigenvalue weighted by Crippen LogP contribution is -2.48. The zero-order valence-corrected chi connectivity index (χ0v) is 15.8. The second-order valence-electron chi connectivity index (χ2n) is 6.71. The van der Waals surface area contributed by atoms with Crippen LogP contribution in [0.3, 0.4) is 0 Å². The van der Waals surface area contributed by atoms with E-state index in [1.807, 2.05) is 59.0 Å². The smallest absolute Gasteiger partial charge is 0.246 e. The molecule has 1 saturated heterocycles. The monoisotopic (exact) mass is 374 g/mol. The highest BCUT2D eigenvalue weighted by Crippen LogP contribution is 2.16. The summed E-state index contributed by atoms with van der Waals surface area (Å²) in [5.41, 5.74) is 2.23. The molecule has 1 aromatic carbocycles. The summed E-state index contributed by atoms with van der Waals surface area (Å²) in [5, 5.41) is 0. The van der Waals surface area contributed by atoms with E-state index in [1.165, 1.54) is 0 Å². The highest BCUT2D eigenvalue weighted by molar-refractivity contribution is 5.92. The van der Waals surface area contributed by atoms with Gasteiger partial charge in [-0.2, -0.15) is 0 Å². The Morgan fingerprint density at radius 3 is 2.61 bits per heavy atom. The molecule has 0 radical (unpaired) electrons. The van der Waals surface area contributed by atoms with E-state index in [0.717, 1.165) is 35.9 Å². The van der Waals surface area contributed by atoms with Crippen molar-refractivity contribution in [3.8, 4) is 5.82 Å². The molecule has 2 aromatic heterocycles. The Morgan fingerprint density at radius 1 is 1.07 bits per heavy atom. The molecule has 3 aromatic rings. The number of nitrogens with zero attached hydrogens (tertiary/aromatic N) is 6. The minimum atomic E-state index is 0.0460. The molecular weight excluding hydrogens is 352 g/mol. The summed E-state index contributed by atoms with van der Waals surface area (Å²) in [6, 6.07) is 9.98. The summed E-state index contributed by atoms with van der Waals surface area (Å²) in [7, 11) is 0. The first kappa shape index (κ1) is 17.9. The van der Waals surface area contributed by atoms with Gasteiger partial charge in [-0.3, -0.25) is 9.36 Å². The minimum absolute atomic E-state index is 0.0460. The summed E-state index contributed by atoms with van der Waals surface area (Å²) in [6.45, 7) is 4.86. The fourth-order valence-electron chi connectivity index (χ4n) is 3.24. The van der Waals surface area contributed by atoms with Gasteiger partial charge in [-0.25, -0.2) is 15.0 Å². The van der Waals surface area contributed by atoms with Crippen molar-refractivity contribution < 1.29 is 4.79 Å². The molecule has 4 rings (SSSR count). The van der Waals surface area contributed by atoms with Gasteiger partial charge < -0.3 is 9.80 Å². The van der Waals surface area contributed by atoms with E-state index in [1.54, 1.807) is 24.9 Å². The molecule has 1 fully saturated rings. The quantitative estimate of drug-likeness (QED) is 0.656. The zero-order chi connectivity index (χ0) is 19.3. The van der Waals surface area contributed by atoms with Gasteiger partial charge in [-0.1, -0.05) is 24.3 Å². The molecule has 7 heteroatoms. The van der Waals surface area contributed by atoms with E-state index in [0.29, 0.717) is 13.1 Å². The molecule has 0 saturated carbocycles. The lowest BCUT2D eigenvalue weighted by Gasteiger charge is -2.35. The number of hydrogen-bond donors (Lipinski definition) is 0. The molecule has 1 aliphatic rings. The van der Waals surface area contributed by atoms with Gasteiger partial charge in [0.05, 0.1) is 0 Å². The van der Waals surface area contributed by atoms with Crippen molar-refractivity contribution in [1.29, 1.82) is 0 Å². The van der Waals surface area contributed by atoms with Crippen molar-refractivity contribution in [3.05, 3.63) is 72.6 Å². The van der Waals surface area contributed by atoms with Crippen LogP contribution in [0.2, 0.25) is 0 Å². The standard InChI is InChI=1S/C21H22N6O/c1-17-4-2-3-5-18(17)6-7-21(28)26-12-10-25(11-13-26)19-14-20(24-15-23-19)27-9-8-22-16-27/h2-9,14-16H,10-13H2,1H3/b7-6+. The fourth-order valence-corrected chi connectivity index (χ4v) is 3.24. The number of amides is 1. The number of rotatable bonds is 4. The van der Waals surface area contributed by atoms with Crippen LogP contribution >= 0.6 is 0 Å². The van der Waals surface area contributed by atoms with Crippen LogP contribution in [0.5, 0.6) is 0 Å². The van der Waals surface area contributed by atoms with Crippen molar-refractivity contribution >= 4 is 17.8 Å². The number of benzene rings is 1. The van der Waals surface area contributed by atoms with Crippen molar-refractivity contribution in [2.75, 3.05) is 31.1 Å². The SMILES string of the molecule is Cc1ccccc1/C=C/C(=O)N1CCN(c2cc(-n3ccnc3)ncn2)CC1. The fraction of sp³-hybridized carbons (Fsp3) is 0.238. The van der Waals surface area contributed by atoms with Crippen molar-refractivity contribution in [1.82, 2.24) is 24.4 Å². The van der Waals surface area contributed by atoms with Crippen LogP contribution in [0.15, 0.2) is 61.5 Å². The van der Waals surface area contributed by atoms with Gasteiger partial charge >= 0.3 is 0 Å². The average molecular weight is 374 g/mol. The van der Waals surface area contributed by atoms with E-state index in [-0.39, 0.29) is 5.91 Å². The lowest BCUT2D eigenvalue weighted by molar-refractivity contribution is -0.126. The zero-order valence-electron chi connectivity index (χ0n) is 15.8. The number of imidazole rings is 1. The summed E-state index contributed by atoms with van der Waals surface area (Å²) < 4.78 is 1.85. The predicted octanol–water partition coefficient (Wildman–Crippen LogP) is 2.33. The van der Waals surface area contributed by atoms with Crippen LogP contribution in [0.4, 0.5) is 5.82 Å². The third-order valence-electron chi connectivity index (χ3n) is 4.92. The van der Waals surface area contributed by atoms with Gasteiger partial charge in [0, 0.05) is 50.7 Å². The number of hydrogen-bond acceptors (Lipinski definition) is 5. The van der Waals surface area contributed by atoms with Crippen LogP contribution < -0.4 is 4.90 Å². The number of aromatic nitrogens is 4. The molecule has 0 N–H and O–H groups in total. The Morgan fingerprint density at radius 2 is 1.86 bits per heavy atom. The second-order valence-corrected chi connectivity index (χ2v) is 6.71. The molecule has 7 nitrogen and oxygen atoms in total. The maximum Gasteiger partial charge on any atom is 0.246 e. The Labute approximate surface area is 164 Å². The molecular formula is C21H22N6O. The van der Waals surface area contributed by atoms with E-state index in [4.69, 9.17) is 0 Å². The number of carbonyl (C=O) groups excluding carboxylic acids is 1. The summed E-state index contributed by atoms with van der Waals surface area (Å²) >= 11 is 0. The van der Waals surface area contributed by atoms with Gasteiger partial charge in [-0.05, 0) is 24.1 Å². The molecule has 0 aliphatic carbocycles. The molecule has 0 atom stereocenters. The second kappa shape index (κ2) is 8.04. The van der Waals surface area contributed by atoms with Crippen LogP contribution in [0, 0.1) is 6.92 Å². The number of aryl methyl sites for hydroxylation is 1. The van der Waals surface area contributed by atoms with E-state index in [2.05, 4.69) is 19.9 Å². The maximum absolute atomic E-state index is 12.5. The molecule has 1 amide bonds. The number of piperazine rings is 1. The molecule has 28 heavy (non-hydrogen) atoms. The normalized spacial score (nSPS) is 14.6. The van der Waals surface area contributed by atoms with Gasteiger partial charge in [0.2, 0.25) is 5.91 Å². The van der Waals surface area contributed by atoms with Crippen LogP contribution in [0.25, 0.3) is 11.9 Å². The first-order chi connectivity index (χ1) is 13.7. The highest BCUT2D eigenvalue weighted by atomic mass is 16.2. The van der Waals surface area contributed by atoms with Crippen molar-refractivity contribution in [2.24, 2.45) is 0 Å². The van der Waals surface area contributed by atoms with Crippen LogP contribution in [-0.2, 0) is 4.79 Å². The van der Waals surface area contributed by atoms with Crippen molar-refractivity contribution in [3.63, 3.8) is 0 Å². The molecule has 0 spiro atoms. The number of anilines is 1. The largest absolute Gasteiger partial charge is 0.353 e. The minimum Gasteiger partial charge on any atom is -0.353 e. The Hall–Kier alpha value is -3.48. The third kappa shape index (κ3) is 3.93. The van der Waals surface area contributed by atoms with E-state index < -0.39 is 0 Å².